The van der Waals surface area contributed by atoms with Crippen LogP contribution in [0.1, 0.15) is 61.1 Å². The Kier molecular flexibility index (Phi) is 8.40. The van der Waals surface area contributed by atoms with Gasteiger partial charge in [-0.25, -0.2) is 18.6 Å². The molecule has 0 saturated heterocycles. The molecule has 1 heterocycles. The topological polar surface area (TPSA) is 84.2 Å². The molecule has 0 aliphatic carbocycles. The number of hydrogen-bond acceptors (Lipinski definition) is 4. The van der Waals surface area contributed by atoms with Crippen molar-refractivity contribution in [1.29, 1.82) is 0 Å². The molecule has 1 amide bonds. The normalized spacial score (nSPS) is 12.2. The van der Waals surface area contributed by atoms with Crippen LogP contribution >= 0.6 is 12.6 Å². The van der Waals surface area contributed by atoms with Crippen molar-refractivity contribution in [3.63, 3.8) is 0 Å². The van der Waals surface area contributed by atoms with Gasteiger partial charge in [0.05, 0.1) is 35.8 Å². The predicted molar refractivity (Wildman–Crippen MR) is 113 cm³/mol. The second kappa shape index (κ2) is 10.6. The molecule has 0 unspecified atom stereocenters. The maximum absolute atomic E-state index is 14.5. The highest BCUT2D eigenvalue weighted by Crippen LogP contribution is 2.20. The minimum Gasteiger partial charge on any atom is -0.478 e. The molecular formula is C21H27F2N3O3S. The lowest BCUT2D eigenvalue weighted by atomic mass is 10.1. The lowest BCUT2D eigenvalue weighted by molar-refractivity contribution is -0.121. The lowest BCUT2D eigenvalue weighted by Gasteiger charge is -2.16. The van der Waals surface area contributed by atoms with Gasteiger partial charge >= 0.3 is 5.97 Å². The first kappa shape index (κ1) is 23.9. The summed E-state index contributed by atoms with van der Waals surface area (Å²) in [4.78, 5) is 27.6. The molecule has 0 spiro atoms. The molecule has 0 bridgehead atoms. The molecule has 0 aliphatic rings. The quantitative estimate of drug-likeness (QED) is 0.492. The maximum Gasteiger partial charge on any atom is 0.338 e. The van der Waals surface area contributed by atoms with Gasteiger partial charge in [-0.05, 0) is 24.8 Å². The smallest absolute Gasteiger partial charge is 0.338 e. The van der Waals surface area contributed by atoms with Crippen LogP contribution in [-0.2, 0) is 24.3 Å². The van der Waals surface area contributed by atoms with Crippen molar-refractivity contribution in [1.82, 2.24) is 14.9 Å². The van der Waals surface area contributed by atoms with E-state index in [9.17, 15) is 18.4 Å². The number of rotatable bonds is 10. The van der Waals surface area contributed by atoms with Gasteiger partial charge in [0.25, 0.3) is 0 Å². The van der Waals surface area contributed by atoms with Gasteiger partial charge in [-0.1, -0.05) is 26.8 Å². The highest BCUT2D eigenvalue weighted by molar-refractivity contribution is 7.81. The number of imidazole rings is 1. The Balaban J connectivity index is 2.25. The van der Waals surface area contributed by atoms with Crippen LogP contribution in [0.15, 0.2) is 18.3 Å². The zero-order valence-electron chi connectivity index (χ0n) is 17.3. The fourth-order valence-corrected chi connectivity index (χ4v) is 3.62. The third kappa shape index (κ3) is 5.81. The van der Waals surface area contributed by atoms with Gasteiger partial charge < -0.3 is 15.0 Å². The summed E-state index contributed by atoms with van der Waals surface area (Å²) >= 11 is 4.33. The maximum atomic E-state index is 14.5. The number of aromatic carboxylic acids is 1. The fourth-order valence-electron chi connectivity index (χ4n) is 3.11. The molecule has 0 fully saturated rings. The summed E-state index contributed by atoms with van der Waals surface area (Å²) in [6.45, 7) is 6.12. The van der Waals surface area contributed by atoms with E-state index in [1.54, 1.807) is 10.8 Å². The summed E-state index contributed by atoms with van der Waals surface area (Å²) in [5.74, 6) is -3.33. The summed E-state index contributed by atoms with van der Waals surface area (Å²) in [6, 6.07) is 2.30. The van der Waals surface area contributed by atoms with E-state index in [0.717, 1.165) is 12.5 Å². The van der Waals surface area contributed by atoms with E-state index >= 15 is 0 Å². The number of nitrogens with one attached hydrogen (secondary N) is 1. The Morgan fingerprint density at radius 2 is 1.97 bits per heavy atom. The third-order valence-corrected chi connectivity index (χ3v) is 5.10. The summed E-state index contributed by atoms with van der Waals surface area (Å²) in [5, 5.41) is 11.3. The first-order chi connectivity index (χ1) is 14.1. The van der Waals surface area contributed by atoms with E-state index in [2.05, 4.69) is 22.9 Å². The zero-order chi connectivity index (χ0) is 22.4. The molecule has 1 aromatic heterocycles. The van der Waals surface area contributed by atoms with Crippen LogP contribution in [0.3, 0.4) is 0 Å². The molecule has 164 valence electrons. The van der Waals surface area contributed by atoms with Gasteiger partial charge in [0.2, 0.25) is 5.91 Å². The van der Waals surface area contributed by atoms with Crippen LogP contribution in [0.2, 0.25) is 0 Å². The predicted octanol–water partition coefficient (Wildman–Crippen LogP) is 3.82. The number of amides is 1. The number of hydrogen-bond donors (Lipinski definition) is 3. The first-order valence-corrected chi connectivity index (χ1v) is 10.4. The molecule has 0 saturated carbocycles. The number of thiol groups is 1. The van der Waals surface area contributed by atoms with Gasteiger partial charge in [0.1, 0.15) is 5.82 Å². The van der Waals surface area contributed by atoms with E-state index in [1.165, 1.54) is 6.07 Å². The molecular weight excluding hydrogens is 412 g/mol. The third-order valence-electron chi connectivity index (χ3n) is 4.66. The number of nitrogens with zero attached hydrogens (tertiary/aromatic N) is 2. The van der Waals surface area contributed by atoms with Crippen LogP contribution in [-0.4, -0.2) is 31.8 Å². The molecule has 2 aromatic rings. The summed E-state index contributed by atoms with van der Waals surface area (Å²) in [5.41, 5.74) is -0.0700. The Hall–Kier alpha value is -2.42. The van der Waals surface area contributed by atoms with Crippen LogP contribution in [0.5, 0.6) is 0 Å². The van der Waals surface area contributed by atoms with Crippen LogP contribution in [0.4, 0.5) is 8.78 Å². The van der Waals surface area contributed by atoms with Gasteiger partial charge in [0.15, 0.2) is 11.6 Å². The fraction of sp³-hybridized carbons (Fsp3) is 0.476. The molecule has 9 heteroatoms. The highest BCUT2D eigenvalue weighted by atomic mass is 32.1. The molecule has 2 rings (SSSR count). The van der Waals surface area contributed by atoms with E-state index in [4.69, 9.17) is 5.11 Å². The van der Waals surface area contributed by atoms with E-state index in [-0.39, 0.29) is 24.6 Å². The molecule has 6 nitrogen and oxygen atoms in total. The van der Waals surface area contributed by atoms with Gasteiger partial charge in [0, 0.05) is 12.0 Å². The number of aromatic nitrogens is 2. The van der Waals surface area contributed by atoms with Crippen LogP contribution in [0, 0.1) is 17.6 Å². The van der Waals surface area contributed by atoms with Crippen molar-refractivity contribution < 1.29 is 23.5 Å². The van der Waals surface area contributed by atoms with Crippen molar-refractivity contribution in [3.05, 3.63) is 52.6 Å². The number of benzene rings is 1. The second-order valence-electron chi connectivity index (χ2n) is 7.57. The molecule has 30 heavy (non-hydrogen) atoms. The molecule has 0 aliphatic heterocycles. The lowest BCUT2D eigenvalue weighted by Crippen LogP contribution is -2.32. The van der Waals surface area contributed by atoms with Crippen molar-refractivity contribution in [2.45, 2.75) is 58.4 Å². The van der Waals surface area contributed by atoms with Crippen molar-refractivity contribution in [2.24, 2.45) is 5.92 Å². The summed E-state index contributed by atoms with van der Waals surface area (Å²) in [7, 11) is 0. The largest absolute Gasteiger partial charge is 0.478 e. The van der Waals surface area contributed by atoms with E-state index in [0.29, 0.717) is 30.3 Å². The summed E-state index contributed by atoms with van der Waals surface area (Å²) in [6.07, 6.45) is 3.65. The van der Waals surface area contributed by atoms with E-state index in [1.807, 2.05) is 20.8 Å². The SMILES string of the molecule is CCCc1ncc(CNC(=O)[C@@H](S)CC(C)C)n1Cc1ccc(C(=O)O)c(F)c1F. The summed E-state index contributed by atoms with van der Waals surface area (Å²) < 4.78 is 30.3. The Labute approximate surface area is 180 Å². The molecule has 0 radical (unpaired) electrons. The number of aryl methyl sites for hydroxylation is 1. The number of carbonyl (C=O) groups is 2. The second-order valence-corrected chi connectivity index (χ2v) is 8.19. The standard InChI is InChI=1S/C21H27F2N3O3S/c1-4-5-17-24-9-14(10-25-20(27)16(30)8-12(2)3)26(17)11-13-6-7-15(21(28)29)19(23)18(13)22/h6-7,9,12,16,30H,4-5,8,10-11H2,1-3H3,(H,25,27)(H,28,29)/t16-/m0/s1. The number of carbonyl (C=O) groups excluding carboxylic acids is 1. The van der Waals surface area contributed by atoms with Gasteiger partial charge in [-0.2, -0.15) is 12.6 Å². The molecule has 1 aromatic carbocycles. The Bertz CT molecular complexity index is 915. The average Bonchev–Trinajstić information content (AvgIpc) is 3.04. The van der Waals surface area contributed by atoms with E-state index < -0.39 is 28.4 Å². The molecule has 1 atom stereocenters. The zero-order valence-corrected chi connectivity index (χ0v) is 18.2. The van der Waals surface area contributed by atoms with Crippen LogP contribution in [0.25, 0.3) is 0 Å². The van der Waals surface area contributed by atoms with Crippen molar-refractivity contribution >= 4 is 24.5 Å². The Morgan fingerprint density at radius 1 is 1.27 bits per heavy atom. The Morgan fingerprint density at radius 3 is 2.57 bits per heavy atom. The van der Waals surface area contributed by atoms with Gasteiger partial charge in [-0.15, -0.1) is 0 Å². The minimum atomic E-state index is -1.53. The van der Waals surface area contributed by atoms with Gasteiger partial charge in [-0.3, -0.25) is 4.79 Å². The minimum absolute atomic E-state index is 0.00677. The number of carboxylic acid groups (broad SMARTS) is 1. The molecule has 2 N–H and O–H groups in total. The van der Waals surface area contributed by atoms with Crippen molar-refractivity contribution in [3.8, 4) is 0 Å². The van der Waals surface area contributed by atoms with Crippen LogP contribution < -0.4 is 5.32 Å². The number of halogens is 2. The average molecular weight is 440 g/mol. The highest BCUT2D eigenvalue weighted by Gasteiger charge is 2.20. The van der Waals surface area contributed by atoms with Crippen molar-refractivity contribution in [2.75, 3.05) is 0 Å². The monoisotopic (exact) mass is 439 g/mol. The number of carboxylic acids is 1. The first-order valence-electron chi connectivity index (χ1n) is 9.84.